The molecule has 1 heterocycles. The van der Waals surface area contributed by atoms with E-state index in [2.05, 4.69) is 15.5 Å². The molecule has 27 heavy (non-hydrogen) atoms. The Hall–Kier alpha value is -1.80. The first-order chi connectivity index (χ1) is 12.8. The Morgan fingerprint density at radius 3 is 2.59 bits per heavy atom. The highest BCUT2D eigenvalue weighted by molar-refractivity contribution is 7.99. The normalized spacial score (nSPS) is 10.9. The Balaban J connectivity index is 1.66. The molecule has 0 unspecified atom stereocenters. The highest BCUT2D eigenvalue weighted by Gasteiger charge is 2.14. The molecule has 2 aromatic carbocycles. The minimum absolute atomic E-state index is 0.0555. The minimum atomic E-state index is -0.544. The van der Waals surface area contributed by atoms with Gasteiger partial charge >= 0.3 is 0 Å². The van der Waals surface area contributed by atoms with Gasteiger partial charge in [0.2, 0.25) is 5.91 Å². The van der Waals surface area contributed by atoms with Gasteiger partial charge in [-0.25, -0.2) is 4.39 Å². The highest BCUT2D eigenvalue weighted by atomic mass is 35.5. The number of aromatic nitrogens is 3. The number of anilines is 1. The second-order valence-electron chi connectivity index (χ2n) is 5.46. The maximum absolute atomic E-state index is 13.2. The number of carbonyl (C=O) groups excluding carboxylic acids is 1. The van der Waals surface area contributed by atoms with Crippen LogP contribution in [0.25, 0.3) is 11.4 Å². The molecule has 0 radical (unpaired) electrons. The van der Waals surface area contributed by atoms with Crippen molar-refractivity contribution in [2.75, 3.05) is 11.1 Å². The summed E-state index contributed by atoms with van der Waals surface area (Å²) < 4.78 is 14.9. The van der Waals surface area contributed by atoms with E-state index in [0.29, 0.717) is 26.7 Å². The van der Waals surface area contributed by atoms with Crippen LogP contribution in [-0.2, 0) is 11.8 Å². The Morgan fingerprint density at radius 1 is 1.11 bits per heavy atom. The number of halogens is 4. The van der Waals surface area contributed by atoms with Crippen molar-refractivity contribution in [1.29, 1.82) is 0 Å². The molecule has 3 aromatic rings. The van der Waals surface area contributed by atoms with Crippen LogP contribution in [0.5, 0.6) is 0 Å². The largest absolute Gasteiger partial charge is 0.325 e. The zero-order valence-electron chi connectivity index (χ0n) is 13.8. The fourth-order valence-electron chi connectivity index (χ4n) is 2.23. The summed E-state index contributed by atoms with van der Waals surface area (Å²) >= 11 is 18.9. The van der Waals surface area contributed by atoms with Gasteiger partial charge < -0.3 is 9.88 Å². The second kappa shape index (κ2) is 8.48. The number of benzene rings is 2. The minimum Gasteiger partial charge on any atom is -0.325 e. The van der Waals surface area contributed by atoms with Crippen molar-refractivity contribution in [2.45, 2.75) is 5.16 Å². The monoisotopic (exact) mass is 444 g/mol. The van der Waals surface area contributed by atoms with E-state index in [9.17, 15) is 9.18 Å². The van der Waals surface area contributed by atoms with Crippen LogP contribution in [-0.4, -0.2) is 26.4 Å². The number of rotatable bonds is 5. The maximum Gasteiger partial charge on any atom is 0.234 e. The van der Waals surface area contributed by atoms with Gasteiger partial charge in [0.05, 0.1) is 20.8 Å². The highest BCUT2D eigenvalue weighted by Crippen LogP contribution is 2.29. The molecule has 0 atom stereocenters. The fourth-order valence-corrected chi connectivity index (χ4v) is 3.42. The number of nitrogens with zero attached hydrogens (tertiary/aromatic N) is 3. The van der Waals surface area contributed by atoms with Crippen LogP contribution in [0.1, 0.15) is 0 Å². The number of thioether (sulfide) groups is 1. The molecule has 5 nitrogen and oxygen atoms in total. The smallest absolute Gasteiger partial charge is 0.234 e. The molecular formula is C17H12Cl3FN4OS. The van der Waals surface area contributed by atoms with Crippen LogP contribution in [0, 0.1) is 5.82 Å². The van der Waals surface area contributed by atoms with Crippen LogP contribution < -0.4 is 5.32 Å². The van der Waals surface area contributed by atoms with Gasteiger partial charge in [-0.1, -0.05) is 46.6 Å². The van der Waals surface area contributed by atoms with Crippen LogP contribution in [0.3, 0.4) is 0 Å². The molecule has 3 rings (SSSR count). The lowest BCUT2D eigenvalue weighted by Crippen LogP contribution is -2.14. The summed E-state index contributed by atoms with van der Waals surface area (Å²) in [5, 5.41) is 12.3. The van der Waals surface area contributed by atoms with Crippen molar-refractivity contribution in [3.63, 3.8) is 0 Å². The molecule has 0 bridgehead atoms. The van der Waals surface area contributed by atoms with E-state index in [1.807, 2.05) is 0 Å². The lowest BCUT2D eigenvalue weighted by atomic mass is 10.2. The van der Waals surface area contributed by atoms with Crippen molar-refractivity contribution in [3.8, 4) is 11.4 Å². The summed E-state index contributed by atoms with van der Waals surface area (Å²) in [6, 6.07) is 9.16. The molecule has 1 amide bonds. The van der Waals surface area contributed by atoms with E-state index in [1.54, 1.807) is 29.8 Å². The molecule has 0 aliphatic rings. The van der Waals surface area contributed by atoms with Crippen LogP contribution in [0.4, 0.5) is 10.1 Å². The van der Waals surface area contributed by atoms with Crippen LogP contribution in [0.15, 0.2) is 41.6 Å². The van der Waals surface area contributed by atoms with Crippen molar-refractivity contribution in [3.05, 3.63) is 57.3 Å². The first-order valence-electron chi connectivity index (χ1n) is 7.57. The fraction of sp³-hybridized carbons (Fsp3) is 0.118. The predicted molar refractivity (Wildman–Crippen MR) is 107 cm³/mol. The van der Waals surface area contributed by atoms with Crippen LogP contribution in [0.2, 0.25) is 15.1 Å². The predicted octanol–water partition coefficient (Wildman–Crippen LogP) is 5.31. The van der Waals surface area contributed by atoms with E-state index in [4.69, 9.17) is 34.8 Å². The standard InChI is InChI=1S/C17H12Cl3FN4OS/c1-25-16(9-2-4-11(18)12(19)6-9)23-24-17(25)27-8-15(26)22-10-3-5-14(21)13(20)7-10/h2-7H,8H2,1H3,(H,22,26). The van der Waals surface area contributed by atoms with E-state index in [-0.39, 0.29) is 16.7 Å². The zero-order chi connectivity index (χ0) is 19.6. The molecule has 0 aliphatic heterocycles. The Kier molecular flexibility index (Phi) is 6.26. The van der Waals surface area contributed by atoms with Gasteiger partial charge in [0, 0.05) is 18.3 Å². The molecule has 0 aliphatic carbocycles. The molecular weight excluding hydrogens is 434 g/mol. The van der Waals surface area contributed by atoms with E-state index in [1.165, 1.54) is 30.0 Å². The topological polar surface area (TPSA) is 59.8 Å². The SMILES string of the molecule is Cn1c(SCC(=O)Nc2ccc(F)c(Cl)c2)nnc1-c1ccc(Cl)c(Cl)c1. The number of amides is 1. The average Bonchev–Trinajstić information content (AvgIpc) is 2.99. The summed E-state index contributed by atoms with van der Waals surface area (Å²) in [5.41, 5.74) is 1.18. The molecule has 1 N–H and O–H groups in total. The van der Waals surface area contributed by atoms with Gasteiger partial charge in [0.25, 0.3) is 0 Å². The lowest BCUT2D eigenvalue weighted by molar-refractivity contribution is -0.113. The number of hydrogen-bond acceptors (Lipinski definition) is 4. The Bertz CT molecular complexity index is 1010. The third-order valence-corrected chi connectivity index (χ3v) is 5.60. The Morgan fingerprint density at radius 2 is 1.89 bits per heavy atom. The zero-order valence-corrected chi connectivity index (χ0v) is 16.9. The number of nitrogens with one attached hydrogen (secondary N) is 1. The third-order valence-electron chi connectivity index (χ3n) is 3.55. The molecule has 140 valence electrons. The van der Waals surface area contributed by atoms with Gasteiger partial charge in [0.1, 0.15) is 5.82 Å². The molecule has 0 saturated carbocycles. The van der Waals surface area contributed by atoms with Gasteiger partial charge in [-0.3, -0.25) is 4.79 Å². The summed E-state index contributed by atoms with van der Waals surface area (Å²) in [6.07, 6.45) is 0. The molecule has 10 heteroatoms. The third kappa shape index (κ3) is 4.73. The number of carbonyl (C=O) groups is 1. The van der Waals surface area contributed by atoms with Gasteiger partial charge in [-0.15, -0.1) is 10.2 Å². The maximum atomic E-state index is 13.2. The van der Waals surface area contributed by atoms with E-state index >= 15 is 0 Å². The van der Waals surface area contributed by atoms with Crippen LogP contribution >= 0.6 is 46.6 Å². The summed E-state index contributed by atoms with van der Waals surface area (Å²) in [5.74, 6) is -0.121. The lowest BCUT2D eigenvalue weighted by Gasteiger charge is -2.07. The van der Waals surface area contributed by atoms with E-state index < -0.39 is 5.82 Å². The number of hydrogen-bond donors (Lipinski definition) is 1. The molecule has 1 aromatic heterocycles. The molecule has 0 spiro atoms. The molecule has 0 saturated heterocycles. The summed E-state index contributed by atoms with van der Waals surface area (Å²) in [6.45, 7) is 0. The van der Waals surface area contributed by atoms with Crippen molar-refractivity contribution < 1.29 is 9.18 Å². The van der Waals surface area contributed by atoms with Crippen molar-refractivity contribution in [2.24, 2.45) is 7.05 Å². The Labute approximate surface area is 173 Å². The first kappa shape index (κ1) is 19.9. The summed E-state index contributed by atoms with van der Waals surface area (Å²) in [7, 11) is 1.79. The second-order valence-corrected chi connectivity index (χ2v) is 7.62. The first-order valence-corrected chi connectivity index (χ1v) is 9.69. The average molecular weight is 446 g/mol. The van der Waals surface area contributed by atoms with Gasteiger partial charge in [-0.2, -0.15) is 0 Å². The summed E-state index contributed by atoms with van der Waals surface area (Å²) in [4.78, 5) is 12.1. The van der Waals surface area contributed by atoms with Gasteiger partial charge in [0.15, 0.2) is 11.0 Å². The molecule has 0 fully saturated rings. The van der Waals surface area contributed by atoms with Crippen molar-refractivity contribution in [1.82, 2.24) is 14.8 Å². The van der Waals surface area contributed by atoms with E-state index in [0.717, 1.165) is 5.56 Å². The van der Waals surface area contributed by atoms with Crippen molar-refractivity contribution >= 4 is 58.2 Å². The quantitative estimate of drug-likeness (QED) is 0.541. The van der Waals surface area contributed by atoms with Gasteiger partial charge in [-0.05, 0) is 36.4 Å².